The lowest BCUT2D eigenvalue weighted by molar-refractivity contribution is 0.394. The zero-order valence-electron chi connectivity index (χ0n) is 14.3. The Morgan fingerprint density at radius 3 is 2.17 bits per heavy atom. The van der Waals surface area contributed by atoms with Crippen LogP contribution < -0.4 is 14.9 Å². The van der Waals surface area contributed by atoms with E-state index in [1.807, 2.05) is 30.3 Å². The topological polar surface area (TPSA) is 48.7 Å². The van der Waals surface area contributed by atoms with Crippen molar-refractivity contribution in [1.29, 1.82) is 0 Å². The van der Waals surface area contributed by atoms with Crippen molar-refractivity contribution >= 4 is 11.0 Å². The van der Waals surface area contributed by atoms with E-state index in [9.17, 15) is 4.79 Å². The summed E-state index contributed by atoms with van der Waals surface area (Å²) in [7, 11) is 3.17. The Morgan fingerprint density at radius 1 is 0.917 bits per heavy atom. The van der Waals surface area contributed by atoms with Gasteiger partial charge in [-0.15, -0.1) is 0 Å². The Bertz CT molecular complexity index is 916. The molecule has 4 heteroatoms. The third-order valence-corrected chi connectivity index (χ3v) is 4.05. The number of ether oxygens (including phenoxy) is 2. The van der Waals surface area contributed by atoms with Crippen LogP contribution in [0.25, 0.3) is 22.3 Å². The molecule has 0 atom stereocenters. The molecule has 0 spiro atoms. The van der Waals surface area contributed by atoms with Gasteiger partial charge in [-0.3, -0.25) is 4.79 Å². The molecule has 4 nitrogen and oxygen atoms in total. The van der Waals surface area contributed by atoms with Crippen molar-refractivity contribution in [3.8, 4) is 22.8 Å². The van der Waals surface area contributed by atoms with Gasteiger partial charge in [0.25, 0.3) is 0 Å². The third-order valence-electron chi connectivity index (χ3n) is 4.05. The molecule has 0 radical (unpaired) electrons. The lowest BCUT2D eigenvalue weighted by atomic mass is 10.0. The lowest BCUT2D eigenvalue weighted by Gasteiger charge is -2.10. The highest BCUT2D eigenvalue weighted by molar-refractivity contribution is 5.79. The Labute approximate surface area is 140 Å². The molecule has 0 aliphatic carbocycles. The first-order chi connectivity index (χ1) is 11.5. The number of hydrogen-bond acceptors (Lipinski definition) is 4. The van der Waals surface area contributed by atoms with Gasteiger partial charge in [-0.25, -0.2) is 0 Å². The minimum atomic E-state index is -0.0597. The molecule has 124 valence electrons. The molecule has 1 heterocycles. The first kappa shape index (κ1) is 16.1. The standard InChI is InChI=1S/C20H20O4/c1-12(2)13-5-6-19-17(9-13)18(21)11-20(24-19)14-7-15(22-3)10-16(8-14)23-4/h5-12H,1-4H3. The van der Waals surface area contributed by atoms with E-state index in [1.165, 1.54) is 6.07 Å². The minimum absolute atomic E-state index is 0.0597. The van der Waals surface area contributed by atoms with Crippen LogP contribution in [-0.4, -0.2) is 14.2 Å². The monoisotopic (exact) mass is 324 g/mol. The molecule has 0 unspecified atom stereocenters. The van der Waals surface area contributed by atoms with E-state index < -0.39 is 0 Å². The van der Waals surface area contributed by atoms with Crippen molar-refractivity contribution in [2.24, 2.45) is 0 Å². The van der Waals surface area contributed by atoms with Crippen LogP contribution in [0.4, 0.5) is 0 Å². The van der Waals surface area contributed by atoms with Crippen LogP contribution >= 0.6 is 0 Å². The molecule has 0 fully saturated rings. The number of rotatable bonds is 4. The maximum atomic E-state index is 12.5. The average Bonchev–Trinajstić information content (AvgIpc) is 2.60. The van der Waals surface area contributed by atoms with Gasteiger partial charge in [-0.2, -0.15) is 0 Å². The van der Waals surface area contributed by atoms with Gasteiger partial charge < -0.3 is 13.9 Å². The summed E-state index contributed by atoms with van der Waals surface area (Å²) >= 11 is 0. The zero-order valence-corrected chi connectivity index (χ0v) is 14.3. The minimum Gasteiger partial charge on any atom is -0.497 e. The molecule has 0 aliphatic rings. The highest BCUT2D eigenvalue weighted by Gasteiger charge is 2.11. The quantitative estimate of drug-likeness (QED) is 0.703. The fraction of sp³-hybridized carbons (Fsp3) is 0.250. The van der Waals surface area contributed by atoms with E-state index in [2.05, 4.69) is 13.8 Å². The van der Waals surface area contributed by atoms with Gasteiger partial charge in [0, 0.05) is 17.7 Å². The van der Waals surface area contributed by atoms with Gasteiger partial charge in [-0.1, -0.05) is 19.9 Å². The van der Waals surface area contributed by atoms with Gasteiger partial charge in [0.1, 0.15) is 22.8 Å². The summed E-state index contributed by atoms with van der Waals surface area (Å²) in [5.74, 6) is 2.13. The van der Waals surface area contributed by atoms with Crippen molar-refractivity contribution in [2.45, 2.75) is 19.8 Å². The molecule has 0 saturated carbocycles. The fourth-order valence-electron chi connectivity index (χ4n) is 2.62. The van der Waals surface area contributed by atoms with Gasteiger partial charge in [0.05, 0.1) is 19.6 Å². The summed E-state index contributed by atoms with van der Waals surface area (Å²) in [5.41, 5.74) is 2.36. The second-order valence-electron chi connectivity index (χ2n) is 5.99. The van der Waals surface area contributed by atoms with E-state index >= 15 is 0 Å². The van der Waals surface area contributed by atoms with Crippen LogP contribution in [0.3, 0.4) is 0 Å². The van der Waals surface area contributed by atoms with Crippen molar-refractivity contribution in [3.05, 3.63) is 58.3 Å². The molecule has 0 amide bonds. The van der Waals surface area contributed by atoms with E-state index in [4.69, 9.17) is 13.9 Å². The second-order valence-corrected chi connectivity index (χ2v) is 5.99. The summed E-state index contributed by atoms with van der Waals surface area (Å²) in [6.45, 7) is 4.19. The van der Waals surface area contributed by atoms with Gasteiger partial charge in [0.15, 0.2) is 5.43 Å². The molecular weight excluding hydrogens is 304 g/mol. The third kappa shape index (κ3) is 3.00. The number of fused-ring (bicyclic) bond motifs is 1. The molecule has 0 saturated heterocycles. The van der Waals surface area contributed by atoms with Crippen molar-refractivity contribution in [2.75, 3.05) is 14.2 Å². The van der Waals surface area contributed by atoms with Crippen LogP contribution in [0.15, 0.2) is 51.7 Å². The molecule has 24 heavy (non-hydrogen) atoms. The van der Waals surface area contributed by atoms with Crippen LogP contribution in [0.5, 0.6) is 11.5 Å². The number of methoxy groups -OCH3 is 2. The second kappa shape index (κ2) is 6.40. The number of hydrogen-bond donors (Lipinski definition) is 0. The highest BCUT2D eigenvalue weighted by Crippen LogP contribution is 2.31. The summed E-state index contributed by atoms with van der Waals surface area (Å²) < 4.78 is 16.5. The molecular formula is C20H20O4. The van der Waals surface area contributed by atoms with E-state index in [0.717, 1.165) is 11.1 Å². The van der Waals surface area contributed by atoms with E-state index in [1.54, 1.807) is 20.3 Å². The molecule has 0 N–H and O–H groups in total. The largest absolute Gasteiger partial charge is 0.497 e. The van der Waals surface area contributed by atoms with Crippen LogP contribution in [-0.2, 0) is 0 Å². The SMILES string of the molecule is COc1cc(OC)cc(-c2cc(=O)c3cc(C(C)C)ccc3o2)c1. The molecule has 3 rings (SSSR count). The molecule has 1 aromatic heterocycles. The molecule has 0 bridgehead atoms. The van der Waals surface area contributed by atoms with E-state index in [0.29, 0.717) is 34.1 Å². The van der Waals surface area contributed by atoms with Crippen LogP contribution in [0.1, 0.15) is 25.3 Å². The van der Waals surface area contributed by atoms with E-state index in [-0.39, 0.29) is 5.43 Å². The summed E-state index contributed by atoms with van der Waals surface area (Å²) in [4.78, 5) is 12.5. The summed E-state index contributed by atoms with van der Waals surface area (Å²) in [6, 6.07) is 12.7. The van der Waals surface area contributed by atoms with Gasteiger partial charge in [0.2, 0.25) is 0 Å². The van der Waals surface area contributed by atoms with Crippen LogP contribution in [0.2, 0.25) is 0 Å². The van der Waals surface area contributed by atoms with Gasteiger partial charge >= 0.3 is 0 Å². The lowest BCUT2D eigenvalue weighted by Crippen LogP contribution is -2.02. The van der Waals surface area contributed by atoms with Crippen molar-refractivity contribution in [3.63, 3.8) is 0 Å². The summed E-state index contributed by atoms with van der Waals surface area (Å²) in [6.07, 6.45) is 0. The maximum Gasteiger partial charge on any atom is 0.193 e. The summed E-state index contributed by atoms with van der Waals surface area (Å²) in [5, 5.41) is 0.597. The average molecular weight is 324 g/mol. The smallest absolute Gasteiger partial charge is 0.193 e. The highest BCUT2D eigenvalue weighted by atomic mass is 16.5. The van der Waals surface area contributed by atoms with Crippen molar-refractivity contribution in [1.82, 2.24) is 0 Å². The fourth-order valence-corrected chi connectivity index (χ4v) is 2.62. The van der Waals surface area contributed by atoms with Crippen molar-refractivity contribution < 1.29 is 13.9 Å². The van der Waals surface area contributed by atoms with Gasteiger partial charge in [-0.05, 0) is 35.7 Å². The van der Waals surface area contributed by atoms with Crippen LogP contribution in [0, 0.1) is 0 Å². The predicted molar refractivity (Wildman–Crippen MR) is 95.1 cm³/mol. The Morgan fingerprint density at radius 2 is 1.58 bits per heavy atom. The normalized spacial score (nSPS) is 11.0. The Hall–Kier alpha value is -2.75. The Balaban J connectivity index is 2.18. The number of benzene rings is 2. The Kier molecular flexibility index (Phi) is 4.30. The molecule has 3 aromatic rings. The first-order valence-corrected chi connectivity index (χ1v) is 7.83. The first-order valence-electron chi connectivity index (χ1n) is 7.83. The predicted octanol–water partition coefficient (Wildman–Crippen LogP) is 4.60. The molecule has 0 aliphatic heterocycles. The zero-order chi connectivity index (χ0) is 17.3. The maximum absolute atomic E-state index is 12.5. The molecule has 2 aromatic carbocycles.